The molecule has 0 fully saturated rings. The van der Waals surface area contributed by atoms with Crippen LogP contribution in [0, 0.1) is 0 Å². The van der Waals surface area contributed by atoms with Crippen LogP contribution < -0.4 is 5.43 Å². The zero-order valence-electron chi connectivity index (χ0n) is 9.96. The van der Waals surface area contributed by atoms with Crippen molar-refractivity contribution in [3.05, 3.63) is 47.8 Å². The number of nitrogens with zero attached hydrogens (tertiary/aromatic N) is 3. The number of phenols is 1. The van der Waals surface area contributed by atoms with E-state index in [1.54, 1.807) is 12.1 Å². The number of anilines is 1. The summed E-state index contributed by atoms with van der Waals surface area (Å²) in [6.07, 6.45) is -2.17. The smallest absolute Gasteiger partial charge is 0.433 e. The third-order valence-corrected chi connectivity index (χ3v) is 2.22. The molecular weight excluding hydrogens is 273 g/mol. The third kappa shape index (κ3) is 3.67. The Morgan fingerprint density at radius 3 is 2.50 bits per heavy atom. The summed E-state index contributed by atoms with van der Waals surface area (Å²) in [5.41, 5.74) is 1.91. The zero-order chi connectivity index (χ0) is 14.6. The first-order chi connectivity index (χ1) is 9.45. The van der Waals surface area contributed by atoms with Crippen LogP contribution in [-0.2, 0) is 6.18 Å². The molecule has 2 aromatic rings. The standard InChI is InChI=1S/C12H9F3N4O/c13-12(14,15)10-5-6-16-11(18-10)19-17-7-8-1-3-9(20)4-2-8/h1-7,20H,(H,16,18,19). The second kappa shape index (κ2) is 5.55. The van der Waals surface area contributed by atoms with Crippen LogP contribution in [0.5, 0.6) is 5.75 Å². The lowest BCUT2D eigenvalue weighted by molar-refractivity contribution is -0.141. The minimum atomic E-state index is -4.53. The molecule has 5 nitrogen and oxygen atoms in total. The summed E-state index contributed by atoms with van der Waals surface area (Å²) in [4.78, 5) is 6.91. The monoisotopic (exact) mass is 282 g/mol. The van der Waals surface area contributed by atoms with Crippen LogP contribution >= 0.6 is 0 Å². The van der Waals surface area contributed by atoms with Gasteiger partial charge in [0, 0.05) is 6.20 Å². The van der Waals surface area contributed by atoms with E-state index in [1.807, 2.05) is 0 Å². The molecule has 0 unspecified atom stereocenters. The van der Waals surface area contributed by atoms with E-state index in [0.29, 0.717) is 5.56 Å². The van der Waals surface area contributed by atoms with Gasteiger partial charge in [0.25, 0.3) is 0 Å². The molecule has 0 aliphatic heterocycles. The molecule has 0 saturated carbocycles. The summed E-state index contributed by atoms with van der Waals surface area (Å²) in [6.45, 7) is 0. The number of hydrogen-bond donors (Lipinski definition) is 2. The molecule has 1 heterocycles. The van der Waals surface area contributed by atoms with Gasteiger partial charge in [0.2, 0.25) is 5.95 Å². The predicted molar refractivity (Wildman–Crippen MR) is 66.4 cm³/mol. The minimum Gasteiger partial charge on any atom is -0.508 e. The maximum Gasteiger partial charge on any atom is 0.433 e. The van der Waals surface area contributed by atoms with Gasteiger partial charge in [-0.1, -0.05) is 0 Å². The topological polar surface area (TPSA) is 70.4 Å². The van der Waals surface area contributed by atoms with Gasteiger partial charge in [0.15, 0.2) is 0 Å². The largest absolute Gasteiger partial charge is 0.508 e. The maximum absolute atomic E-state index is 12.4. The van der Waals surface area contributed by atoms with Crippen LogP contribution in [0.15, 0.2) is 41.6 Å². The number of benzene rings is 1. The SMILES string of the molecule is Oc1ccc(C=NNc2nccc(C(F)(F)F)n2)cc1. The van der Waals surface area contributed by atoms with Crippen LogP contribution in [0.3, 0.4) is 0 Å². The van der Waals surface area contributed by atoms with Gasteiger partial charge in [0.1, 0.15) is 11.4 Å². The van der Waals surface area contributed by atoms with Crippen molar-refractivity contribution in [1.29, 1.82) is 0 Å². The van der Waals surface area contributed by atoms with Gasteiger partial charge in [-0.2, -0.15) is 18.3 Å². The molecule has 0 aliphatic carbocycles. The second-order valence-electron chi connectivity index (χ2n) is 3.72. The molecule has 0 saturated heterocycles. The lowest BCUT2D eigenvalue weighted by Crippen LogP contribution is -2.09. The highest BCUT2D eigenvalue weighted by Gasteiger charge is 2.32. The number of hydrogen-bond acceptors (Lipinski definition) is 5. The molecule has 0 radical (unpaired) electrons. The van der Waals surface area contributed by atoms with Gasteiger partial charge in [-0.3, -0.25) is 0 Å². The Kier molecular flexibility index (Phi) is 3.83. The lowest BCUT2D eigenvalue weighted by atomic mass is 10.2. The van der Waals surface area contributed by atoms with E-state index in [9.17, 15) is 13.2 Å². The van der Waals surface area contributed by atoms with Gasteiger partial charge in [0.05, 0.1) is 6.21 Å². The molecule has 104 valence electrons. The first-order valence-corrected chi connectivity index (χ1v) is 5.43. The van der Waals surface area contributed by atoms with Crippen molar-refractivity contribution < 1.29 is 18.3 Å². The number of halogens is 3. The van der Waals surface area contributed by atoms with Crippen LogP contribution in [0.1, 0.15) is 11.3 Å². The van der Waals surface area contributed by atoms with E-state index in [0.717, 1.165) is 12.3 Å². The number of rotatable bonds is 3. The van der Waals surface area contributed by atoms with Gasteiger partial charge >= 0.3 is 6.18 Å². The molecule has 8 heteroatoms. The Morgan fingerprint density at radius 2 is 1.85 bits per heavy atom. The van der Waals surface area contributed by atoms with Crippen molar-refractivity contribution in [2.75, 3.05) is 5.43 Å². The van der Waals surface area contributed by atoms with Crippen LogP contribution in [-0.4, -0.2) is 21.3 Å². The van der Waals surface area contributed by atoms with Crippen molar-refractivity contribution in [3.63, 3.8) is 0 Å². The molecule has 0 aliphatic rings. The molecule has 0 bridgehead atoms. The normalized spacial score (nSPS) is 11.8. The summed E-state index contributed by atoms with van der Waals surface area (Å²) in [5, 5.41) is 12.8. The van der Waals surface area contributed by atoms with Crippen molar-refractivity contribution in [3.8, 4) is 5.75 Å². The Hall–Kier alpha value is -2.64. The van der Waals surface area contributed by atoms with E-state index in [1.165, 1.54) is 18.3 Å². The highest BCUT2D eigenvalue weighted by Crippen LogP contribution is 2.27. The fraction of sp³-hybridized carbons (Fsp3) is 0.0833. The molecule has 1 aromatic heterocycles. The highest BCUT2D eigenvalue weighted by molar-refractivity contribution is 5.80. The van der Waals surface area contributed by atoms with Crippen LogP contribution in [0.4, 0.5) is 19.1 Å². The number of aromatic nitrogens is 2. The molecule has 1 aromatic carbocycles. The Balaban J connectivity index is 2.05. The summed E-state index contributed by atoms with van der Waals surface area (Å²) in [6, 6.07) is 6.88. The van der Waals surface area contributed by atoms with Crippen molar-refractivity contribution >= 4 is 12.2 Å². The summed E-state index contributed by atoms with van der Waals surface area (Å²) >= 11 is 0. The summed E-state index contributed by atoms with van der Waals surface area (Å²) < 4.78 is 37.2. The number of hydrazone groups is 1. The molecular formula is C12H9F3N4O. The molecule has 0 spiro atoms. The average Bonchev–Trinajstić information content (AvgIpc) is 2.40. The first-order valence-electron chi connectivity index (χ1n) is 5.43. The average molecular weight is 282 g/mol. The second-order valence-corrected chi connectivity index (χ2v) is 3.72. The number of aromatic hydroxyl groups is 1. The third-order valence-electron chi connectivity index (χ3n) is 2.22. The fourth-order valence-electron chi connectivity index (χ4n) is 1.30. The van der Waals surface area contributed by atoms with Crippen molar-refractivity contribution in [1.82, 2.24) is 9.97 Å². The minimum absolute atomic E-state index is 0.108. The predicted octanol–water partition coefficient (Wildman–Crippen LogP) is 2.65. The molecule has 2 rings (SSSR count). The van der Waals surface area contributed by atoms with E-state index in [-0.39, 0.29) is 11.7 Å². The number of alkyl halides is 3. The molecule has 20 heavy (non-hydrogen) atoms. The molecule has 2 N–H and O–H groups in total. The highest BCUT2D eigenvalue weighted by atomic mass is 19.4. The quantitative estimate of drug-likeness (QED) is 0.670. The zero-order valence-corrected chi connectivity index (χ0v) is 9.96. The van der Waals surface area contributed by atoms with Crippen molar-refractivity contribution in [2.45, 2.75) is 6.18 Å². The van der Waals surface area contributed by atoms with Crippen LogP contribution in [0.2, 0.25) is 0 Å². The first kappa shape index (κ1) is 13.8. The number of phenolic OH excluding ortho intramolecular Hbond substituents is 1. The van der Waals surface area contributed by atoms with E-state index in [2.05, 4.69) is 20.5 Å². The van der Waals surface area contributed by atoms with Gasteiger partial charge in [-0.25, -0.2) is 15.4 Å². The Bertz CT molecular complexity index is 611. The lowest BCUT2D eigenvalue weighted by Gasteiger charge is -2.05. The fourth-order valence-corrected chi connectivity index (χ4v) is 1.30. The van der Waals surface area contributed by atoms with E-state index < -0.39 is 11.9 Å². The van der Waals surface area contributed by atoms with Gasteiger partial charge < -0.3 is 5.11 Å². The van der Waals surface area contributed by atoms with Gasteiger partial charge in [-0.15, -0.1) is 0 Å². The van der Waals surface area contributed by atoms with Gasteiger partial charge in [-0.05, 0) is 35.9 Å². The van der Waals surface area contributed by atoms with E-state index in [4.69, 9.17) is 5.11 Å². The Morgan fingerprint density at radius 1 is 1.15 bits per heavy atom. The Labute approximate surface area is 111 Å². The maximum atomic E-state index is 12.4. The molecule has 0 amide bonds. The molecule has 0 atom stereocenters. The summed E-state index contributed by atoms with van der Waals surface area (Å²) in [7, 11) is 0. The summed E-state index contributed by atoms with van der Waals surface area (Å²) in [5.74, 6) is -0.147. The number of nitrogens with one attached hydrogen (secondary N) is 1. The van der Waals surface area contributed by atoms with Crippen LogP contribution in [0.25, 0.3) is 0 Å². The van der Waals surface area contributed by atoms with E-state index >= 15 is 0 Å². The van der Waals surface area contributed by atoms with Crippen molar-refractivity contribution in [2.24, 2.45) is 5.10 Å².